The van der Waals surface area contributed by atoms with Crippen LogP contribution in [0.4, 0.5) is 0 Å². The van der Waals surface area contributed by atoms with Crippen molar-refractivity contribution in [3.05, 3.63) is 63.6 Å². The summed E-state index contributed by atoms with van der Waals surface area (Å²) in [5.41, 5.74) is 3.47. The van der Waals surface area contributed by atoms with Gasteiger partial charge in [0.15, 0.2) is 0 Å². The number of hydrogen-bond donors (Lipinski definition) is 0. The lowest BCUT2D eigenvalue weighted by Gasteiger charge is -2.28. The Morgan fingerprint density at radius 1 is 1.00 bits per heavy atom. The van der Waals surface area contributed by atoms with Gasteiger partial charge in [-0.2, -0.15) is 0 Å². The minimum Gasteiger partial charge on any atom is -0.488 e. The zero-order valence-corrected chi connectivity index (χ0v) is 11.7. The quantitative estimate of drug-likeness (QED) is 0.726. The molecule has 0 fully saturated rings. The molecule has 2 aliphatic heterocycles. The molecule has 3 heteroatoms. The fourth-order valence-corrected chi connectivity index (χ4v) is 2.94. The standard InChI is InChI=1S/C16H11BrO2/c17-12-5-6-15-13(8-12)16-11(9-18-15)7-10-3-1-2-4-14(10)19-16/h1-6,8H,7,9H2. The van der Waals surface area contributed by atoms with Crippen LogP contribution in [0, 0.1) is 0 Å². The third kappa shape index (κ3) is 1.77. The summed E-state index contributed by atoms with van der Waals surface area (Å²) in [6, 6.07) is 14.2. The lowest BCUT2D eigenvalue weighted by atomic mass is 9.96. The van der Waals surface area contributed by atoms with Crippen LogP contribution in [0.25, 0.3) is 5.76 Å². The van der Waals surface area contributed by atoms with Gasteiger partial charge in [0.25, 0.3) is 0 Å². The molecule has 2 nitrogen and oxygen atoms in total. The number of para-hydroxylation sites is 1. The maximum absolute atomic E-state index is 6.10. The second kappa shape index (κ2) is 4.14. The number of halogens is 1. The molecule has 2 aromatic carbocycles. The minimum absolute atomic E-state index is 0.609. The number of hydrogen-bond acceptors (Lipinski definition) is 2. The van der Waals surface area contributed by atoms with Gasteiger partial charge in [0, 0.05) is 16.5 Å². The van der Waals surface area contributed by atoms with Gasteiger partial charge in [0.05, 0.1) is 5.56 Å². The smallest absolute Gasteiger partial charge is 0.141 e. The van der Waals surface area contributed by atoms with E-state index in [0.717, 1.165) is 33.7 Å². The Bertz CT molecular complexity index is 704. The average Bonchev–Trinajstić information content (AvgIpc) is 2.45. The van der Waals surface area contributed by atoms with E-state index >= 15 is 0 Å². The summed E-state index contributed by atoms with van der Waals surface area (Å²) in [4.78, 5) is 0. The number of benzene rings is 2. The van der Waals surface area contributed by atoms with Crippen LogP contribution in [-0.4, -0.2) is 6.61 Å². The molecular weight excluding hydrogens is 304 g/mol. The van der Waals surface area contributed by atoms with Crippen LogP contribution in [0.3, 0.4) is 0 Å². The average molecular weight is 315 g/mol. The van der Waals surface area contributed by atoms with Gasteiger partial charge in [-0.05, 0) is 29.8 Å². The molecule has 2 heterocycles. The van der Waals surface area contributed by atoms with Crippen LogP contribution >= 0.6 is 15.9 Å². The highest BCUT2D eigenvalue weighted by molar-refractivity contribution is 9.10. The Morgan fingerprint density at radius 2 is 1.89 bits per heavy atom. The number of ether oxygens (including phenoxy) is 2. The van der Waals surface area contributed by atoms with E-state index in [0.29, 0.717) is 6.61 Å². The van der Waals surface area contributed by atoms with Gasteiger partial charge in [-0.15, -0.1) is 0 Å². The summed E-state index contributed by atoms with van der Waals surface area (Å²) in [6.45, 7) is 0.609. The Morgan fingerprint density at radius 3 is 2.84 bits per heavy atom. The monoisotopic (exact) mass is 314 g/mol. The van der Waals surface area contributed by atoms with Crippen molar-refractivity contribution in [3.63, 3.8) is 0 Å². The fourth-order valence-electron chi connectivity index (χ4n) is 2.57. The van der Waals surface area contributed by atoms with E-state index in [2.05, 4.69) is 28.1 Å². The van der Waals surface area contributed by atoms with Gasteiger partial charge >= 0.3 is 0 Å². The van der Waals surface area contributed by atoms with Crippen LogP contribution < -0.4 is 9.47 Å². The largest absolute Gasteiger partial charge is 0.488 e. The second-order valence-corrected chi connectivity index (χ2v) is 5.66. The Kier molecular flexibility index (Phi) is 2.42. The van der Waals surface area contributed by atoms with Gasteiger partial charge in [-0.1, -0.05) is 34.1 Å². The first kappa shape index (κ1) is 11.1. The predicted octanol–water partition coefficient (Wildman–Crippen LogP) is 4.19. The van der Waals surface area contributed by atoms with Gasteiger partial charge in [0.2, 0.25) is 0 Å². The molecule has 0 aliphatic carbocycles. The van der Waals surface area contributed by atoms with E-state index in [1.807, 2.05) is 30.3 Å². The van der Waals surface area contributed by atoms with Gasteiger partial charge < -0.3 is 9.47 Å². The second-order valence-electron chi connectivity index (χ2n) is 4.75. The van der Waals surface area contributed by atoms with Crippen LogP contribution in [0.5, 0.6) is 11.5 Å². The molecule has 19 heavy (non-hydrogen) atoms. The van der Waals surface area contributed by atoms with Crippen LogP contribution in [0.15, 0.2) is 52.5 Å². The first-order valence-corrected chi connectivity index (χ1v) is 7.01. The third-order valence-corrected chi connectivity index (χ3v) is 3.99. The molecule has 0 amide bonds. The molecule has 0 atom stereocenters. The van der Waals surface area contributed by atoms with E-state index in [1.54, 1.807) is 0 Å². The molecule has 0 saturated heterocycles. The van der Waals surface area contributed by atoms with Crippen LogP contribution in [0.1, 0.15) is 11.1 Å². The summed E-state index contributed by atoms with van der Waals surface area (Å²) in [7, 11) is 0. The molecule has 0 bridgehead atoms. The molecule has 0 aromatic heterocycles. The first-order valence-electron chi connectivity index (χ1n) is 6.22. The highest BCUT2D eigenvalue weighted by Crippen LogP contribution is 2.41. The zero-order valence-electron chi connectivity index (χ0n) is 10.2. The maximum Gasteiger partial charge on any atom is 0.141 e. The van der Waals surface area contributed by atoms with E-state index in [9.17, 15) is 0 Å². The normalized spacial score (nSPS) is 15.8. The van der Waals surface area contributed by atoms with Crippen molar-refractivity contribution in [2.75, 3.05) is 6.61 Å². The maximum atomic E-state index is 6.10. The van der Waals surface area contributed by atoms with Crippen molar-refractivity contribution in [1.29, 1.82) is 0 Å². The number of rotatable bonds is 0. The van der Waals surface area contributed by atoms with E-state index < -0.39 is 0 Å². The molecule has 0 saturated carbocycles. The lowest BCUT2D eigenvalue weighted by molar-refractivity contribution is 0.326. The topological polar surface area (TPSA) is 18.5 Å². The van der Waals surface area contributed by atoms with Crippen LogP contribution in [0.2, 0.25) is 0 Å². The highest BCUT2D eigenvalue weighted by Gasteiger charge is 2.27. The molecular formula is C16H11BrO2. The molecule has 0 spiro atoms. The summed E-state index contributed by atoms with van der Waals surface area (Å²) in [5, 5.41) is 0. The summed E-state index contributed by atoms with van der Waals surface area (Å²) in [6.07, 6.45) is 0.900. The number of fused-ring (bicyclic) bond motifs is 3. The zero-order chi connectivity index (χ0) is 12.8. The Hall–Kier alpha value is -1.74. The minimum atomic E-state index is 0.609. The van der Waals surface area contributed by atoms with Crippen molar-refractivity contribution in [3.8, 4) is 11.5 Å². The molecule has 0 radical (unpaired) electrons. The van der Waals surface area contributed by atoms with Crippen molar-refractivity contribution >= 4 is 21.7 Å². The van der Waals surface area contributed by atoms with E-state index in [-0.39, 0.29) is 0 Å². The molecule has 2 aromatic rings. The summed E-state index contributed by atoms with van der Waals surface area (Å²) in [5.74, 6) is 2.80. The van der Waals surface area contributed by atoms with Gasteiger partial charge in [0.1, 0.15) is 23.9 Å². The van der Waals surface area contributed by atoms with E-state index in [4.69, 9.17) is 9.47 Å². The van der Waals surface area contributed by atoms with Gasteiger partial charge in [-0.25, -0.2) is 0 Å². The molecule has 0 N–H and O–H groups in total. The molecule has 2 aliphatic rings. The third-order valence-electron chi connectivity index (χ3n) is 3.50. The van der Waals surface area contributed by atoms with Crippen LogP contribution in [-0.2, 0) is 6.42 Å². The van der Waals surface area contributed by atoms with Crippen molar-refractivity contribution in [1.82, 2.24) is 0 Å². The van der Waals surface area contributed by atoms with E-state index in [1.165, 1.54) is 11.1 Å². The summed E-state index contributed by atoms with van der Waals surface area (Å²) >= 11 is 3.50. The Labute approximate surface area is 119 Å². The Balaban J connectivity index is 1.86. The van der Waals surface area contributed by atoms with Crippen molar-refractivity contribution in [2.24, 2.45) is 0 Å². The highest BCUT2D eigenvalue weighted by atomic mass is 79.9. The SMILES string of the molecule is Brc1ccc2c(c1)C1=C(CO2)Cc2ccccc2O1. The predicted molar refractivity (Wildman–Crippen MR) is 77.3 cm³/mol. The molecule has 0 unspecified atom stereocenters. The molecule has 94 valence electrons. The fraction of sp³-hybridized carbons (Fsp3) is 0.125. The van der Waals surface area contributed by atoms with Gasteiger partial charge in [-0.3, -0.25) is 0 Å². The van der Waals surface area contributed by atoms with Crippen molar-refractivity contribution < 1.29 is 9.47 Å². The van der Waals surface area contributed by atoms with Crippen molar-refractivity contribution in [2.45, 2.75) is 6.42 Å². The summed E-state index contributed by atoms with van der Waals surface area (Å²) < 4.78 is 12.9. The molecule has 4 rings (SSSR count). The lowest BCUT2D eigenvalue weighted by Crippen LogP contribution is -2.19. The first-order chi connectivity index (χ1) is 9.31.